The smallest absolute Gasteiger partial charge is 0.262 e. The minimum atomic E-state index is -0.458. The van der Waals surface area contributed by atoms with E-state index in [1.54, 1.807) is 42.7 Å². The first-order valence-electron chi connectivity index (χ1n) is 9.81. The summed E-state index contributed by atoms with van der Waals surface area (Å²) in [5.74, 6) is -1.37. The molecule has 0 unspecified atom stereocenters. The van der Waals surface area contributed by atoms with Crippen LogP contribution in [0.3, 0.4) is 0 Å². The van der Waals surface area contributed by atoms with Crippen LogP contribution in [-0.4, -0.2) is 39.1 Å². The highest BCUT2D eigenvalue weighted by molar-refractivity contribution is 7.13. The molecule has 0 fully saturated rings. The van der Waals surface area contributed by atoms with Crippen LogP contribution in [0.5, 0.6) is 0 Å². The highest BCUT2D eigenvalue weighted by Gasteiger charge is 2.36. The number of nitrogens with one attached hydrogen (secondary N) is 1. The van der Waals surface area contributed by atoms with Crippen LogP contribution < -0.4 is 5.32 Å². The van der Waals surface area contributed by atoms with Gasteiger partial charge in [-0.15, -0.1) is 11.3 Å². The zero-order valence-corrected chi connectivity index (χ0v) is 17.5. The van der Waals surface area contributed by atoms with Crippen molar-refractivity contribution in [2.45, 2.75) is 0 Å². The van der Waals surface area contributed by atoms with Crippen LogP contribution in [-0.2, 0) is 4.79 Å². The Kier molecular flexibility index (Phi) is 5.04. The third kappa shape index (κ3) is 3.67. The second kappa shape index (κ2) is 8.16. The molecule has 3 heterocycles. The van der Waals surface area contributed by atoms with Gasteiger partial charge in [0, 0.05) is 34.6 Å². The number of benzene rings is 2. The number of rotatable bonds is 5. The number of carbonyl (C=O) groups is 3. The molecule has 0 atom stereocenters. The Labute approximate surface area is 187 Å². The fraction of sp³-hybridized carbons (Fsp3) is 0.0417. The third-order valence-corrected chi connectivity index (χ3v) is 5.93. The summed E-state index contributed by atoms with van der Waals surface area (Å²) in [6.07, 6.45) is 3.48. The van der Waals surface area contributed by atoms with Gasteiger partial charge in [-0.2, -0.15) is 0 Å². The summed E-state index contributed by atoms with van der Waals surface area (Å²) >= 11 is 1.51. The maximum atomic E-state index is 12.6. The molecule has 1 aliphatic rings. The van der Waals surface area contributed by atoms with Gasteiger partial charge in [-0.25, -0.2) is 4.98 Å². The molecule has 2 aromatic heterocycles. The molecule has 0 spiro atoms. The first kappa shape index (κ1) is 19.8. The van der Waals surface area contributed by atoms with Crippen molar-refractivity contribution in [1.29, 1.82) is 0 Å². The van der Waals surface area contributed by atoms with Crippen LogP contribution in [0.25, 0.3) is 21.8 Å². The van der Waals surface area contributed by atoms with Gasteiger partial charge in [0.15, 0.2) is 0 Å². The summed E-state index contributed by atoms with van der Waals surface area (Å²) in [5, 5.41) is 5.57. The minimum Gasteiger partial charge on any atom is -0.325 e. The average molecular weight is 440 g/mol. The molecule has 0 radical (unpaired) electrons. The lowest BCUT2D eigenvalue weighted by atomic mass is 10.1. The van der Waals surface area contributed by atoms with Crippen LogP contribution in [0, 0.1) is 0 Å². The van der Waals surface area contributed by atoms with Gasteiger partial charge < -0.3 is 5.32 Å². The van der Waals surface area contributed by atoms with Gasteiger partial charge in [-0.3, -0.25) is 24.3 Å². The summed E-state index contributed by atoms with van der Waals surface area (Å²) < 4.78 is 0. The summed E-state index contributed by atoms with van der Waals surface area (Å²) in [6.45, 7) is -0.349. The van der Waals surface area contributed by atoms with Crippen molar-refractivity contribution < 1.29 is 14.4 Å². The average Bonchev–Trinajstić information content (AvgIpc) is 3.41. The predicted octanol–water partition coefficient (Wildman–Crippen LogP) is 4.11. The molecule has 156 valence electrons. The molecule has 0 bridgehead atoms. The maximum Gasteiger partial charge on any atom is 0.262 e. The van der Waals surface area contributed by atoms with E-state index >= 15 is 0 Å². The largest absolute Gasteiger partial charge is 0.325 e. The SMILES string of the molecule is O=C(CN1C(=O)c2ccccc2C1=O)Nc1cccc(-c2csc(-c3cccnc3)n2)c1. The zero-order chi connectivity index (χ0) is 22.1. The number of fused-ring (bicyclic) bond motifs is 1. The fourth-order valence-electron chi connectivity index (χ4n) is 3.51. The van der Waals surface area contributed by atoms with Crippen molar-refractivity contribution in [2.75, 3.05) is 11.9 Å². The Morgan fingerprint density at radius 1 is 0.938 bits per heavy atom. The van der Waals surface area contributed by atoms with Gasteiger partial charge in [-0.05, 0) is 36.4 Å². The van der Waals surface area contributed by atoms with Crippen molar-refractivity contribution in [3.63, 3.8) is 0 Å². The van der Waals surface area contributed by atoms with Crippen molar-refractivity contribution in [1.82, 2.24) is 14.9 Å². The van der Waals surface area contributed by atoms with Gasteiger partial charge in [0.1, 0.15) is 11.6 Å². The number of anilines is 1. The molecular weight excluding hydrogens is 424 g/mol. The highest BCUT2D eigenvalue weighted by atomic mass is 32.1. The quantitative estimate of drug-likeness (QED) is 0.472. The van der Waals surface area contributed by atoms with Gasteiger partial charge >= 0.3 is 0 Å². The molecule has 4 aromatic rings. The van der Waals surface area contributed by atoms with Crippen molar-refractivity contribution in [2.24, 2.45) is 0 Å². The molecule has 0 aliphatic carbocycles. The minimum absolute atomic E-state index is 0.320. The topological polar surface area (TPSA) is 92.3 Å². The maximum absolute atomic E-state index is 12.6. The Balaban J connectivity index is 1.30. The Morgan fingerprint density at radius 2 is 1.69 bits per heavy atom. The Bertz CT molecular complexity index is 1320. The molecule has 1 N–H and O–H groups in total. The number of hydrogen-bond donors (Lipinski definition) is 1. The summed E-state index contributed by atoms with van der Waals surface area (Å²) in [4.78, 5) is 47.3. The number of thiazole rings is 1. The van der Waals surface area contributed by atoms with Gasteiger partial charge in [-0.1, -0.05) is 24.3 Å². The molecule has 5 rings (SSSR count). The van der Waals surface area contributed by atoms with E-state index in [1.807, 2.05) is 35.7 Å². The fourth-order valence-corrected chi connectivity index (χ4v) is 4.33. The van der Waals surface area contributed by atoms with Crippen LogP contribution in [0.15, 0.2) is 78.4 Å². The van der Waals surface area contributed by atoms with E-state index in [0.717, 1.165) is 26.7 Å². The molecular formula is C24H16N4O3S. The molecule has 32 heavy (non-hydrogen) atoms. The van der Waals surface area contributed by atoms with Crippen LogP contribution in [0.4, 0.5) is 5.69 Å². The number of nitrogens with zero attached hydrogens (tertiary/aromatic N) is 3. The van der Waals surface area contributed by atoms with Gasteiger partial charge in [0.25, 0.3) is 11.8 Å². The highest BCUT2D eigenvalue weighted by Crippen LogP contribution is 2.29. The summed E-state index contributed by atoms with van der Waals surface area (Å²) in [6, 6.07) is 17.6. The van der Waals surface area contributed by atoms with Crippen LogP contribution in [0.1, 0.15) is 20.7 Å². The molecule has 0 saturated carbocycles. The van der Waals surface area contributed by atoms with E-state index in [-0.39, 0.29) is 6.54 Å². The van der Waals surface area contributed by atoms with E-state index < -0.39 is 17.7 Å². The number of amides is 3. The lowest BCUT2D eigenvalue weighted by molar-refractivity contribution is -0.116. The third-order valence-electron chi connectivity index (χ3n) is 5.03. The molecule has 7 nitrogen and oxygen atoms in total. The first-order valence-corrected chi connectivity index (χ1v) is 10.7. The number of imide groups is 1. The van der Waals surface area contributed by atoms with Crippen molar-refractivity contribution in [3.05, 3.63) is 89.6 Å². The monoisotopic (exact) mass is 440 g/mol. The van der Waals surface area contributed by atoms with E-state index in [9.17, 15) is 14.4 Å². The Hall–Kier alpha value is -4.17. The standard InChI is InChI=1S/C24H16N4O3S/c29-21(13-28-23(30)18-8-1-2-9-19(18)24(28)31)26-17-7-3-5-15(11-17)20-14-32-22(27-20)16-6-4-10-25-12-16/h1-12,14H,13H2,(H,26,29). The van der Waals surface area contributed by atoms with Gasteiger partial charge in [0.05, 0.1) is 16.8 Å². The van der Waals surface area contributed by atoms with Crippen LogP contribution >= 0.6 is 11.3 Å². The molecule has 3 amide bonds. The lowest BCUT2D eigenvalue weighted by Gasteiger charge is -2.14. The molecule has 8 heteroatoms. The first-order chi connectivity index (χ1) is 15.6. The van der Waals surface area contributed by atoms with Crippen molar-refractivity contribution in [3.8, 4) is 21.8 Å². The predicted molar refractivity (Wildman–Crippen MR) is 121 cm³/mol. The Morgan fingerprint density at radius 3 is 2.41 bits per heavy atom. The second-order valence-electron chi connectivity index (χ2n) is 7.15. The number of hydrogen-bond acceptors (Lipinski definition) is 6. The molecule has 1 aliphatic heterocycles. The lowest BCUT2D eigenvalue weighted by Crippen LogP contribution is -2.37. The number of pyridine rings is 1. The van der Waals surface area contributed by atoms with Crippen LogP contribution in [0.2, 0.25) is 0 Å². The molecule has 2 aromatic carbocycles. The van der Waals surface area contributed by atoms with E-state index in [0.29, 0.717) is 16.8 Å². The number of carbonyl (C=O) groups excluding carboxylic acids is 3. The summed E-state index contributed by atoms with van der Waals surface area (Å²) in [5.41, 5.74) is 3.76. The number of aromatic nitrogens is 2. The van der Waals surface area contributed by atoms with Gasteiger partial charge in [0.2, 0.25) is 5.91 Å². The van der Waals surface area contributed by atoms with Crippen molar-refractivity contribution >= 4 is 34.7 Å². The second-order valence-corrected chi connectivity index (χ2v) is 8.01. The molecule has 0 saturated heterocycles. The van der Waals surface area contributed by atoms with E-state index in [1.165, 1.54) is 11.3 Å². The summed E-state index contributed by atoms with van der Waals surface area (Å²) in [7, 11) is 0. The normalized spacial score (nSPS) is 12.7. The van der Waals surface area contributed by atoms with E-state index in [4.69, 9.17) is 0 Å². The zero-order valence-electron chi connectivity index (χ0n) is 16.7. The van der Waals surface area contributed by atoms with E-state index in [2.05, 4.69) is 15.3 Å².